The third kappa shape index (κ3) is 4.47. The van der Waals surface area contributed by atoms with Crippen LogP contribution in [0.3, 0.4) is 0 Å². The Morgan fingerprint density at radius 2 is 2.17 bits per heavy atom. The van der Waals surface area contributed by atoms with Crippen molar-refractivity contribution < 1.29 is 4.79 Å². The lowest BCUT2D eigenvalue weighted by molar-refractivity contribution is -0.125. The van der Waals surface area contributed by atoms with Gasteiger partial charge in [0.1, 0.15) is 0 Å². The molecule has 3 atom stereocenters. The van der Waals surface area contributed by atoms with Crippen molar-refractivity contribution in [3.63, 3.8) is 0 Å². The largest absolute Gasteiger partial charge is 0.349 e. The zero-order valence-corrected chi connectivity index (χ0v) is 15.3. The van der Waals surface area contributed by atoms with E-state index in [0.717, 1.165) is 17.7 Å². The summed E-state index contributed by atoms with van der Waals surface area (Å²) >= 11 is 0. The number of pyridine rings is 1. The molecule has 24 heavy (non-hydrogen) atoms. The second-order valence-corrected chi connectivity index (χ2v) is 5.84. The van der Waals surface area contributed by atoms with Gasteiger partial charge < -0.3 is 10.6 Å². The number of carbonyl (C=O) groups excluding carboxylic acids is 1. The molecule has 1 aliphatic heterocycles. The van der Waals surface area contributed by atoms with Gasteiger partial charge in [-0.1, -0.05) is 6.07 Å². The molecule has 1 amide bonds. The van der Waals surface area contributed by atoms with Crippen molar-refractivity contribution in [2.75, 3.05) is 13.1 Å². The fourth-order valence-electron chi connectivity index (χ4n) is 2.97. The van der Waals surface area contributed by atoms with Crippen LogP contribution in [0.4, 0.5) is 0 Å². The molecule has 2 aromatic heterocycles. The normalized spacial score (nSPS) is 20.6. The van der Waals surface area contributed by atoms with Crippen LogP contribution in [0.2, 0.25) is 0 Å². The summed E-state index contributed by atoms with van der Waals surface area (Å²) in [4.78, 5) is 16.7. The van der Waals surface area contributed by atoms with E-state index in [1.165, 1.54) is 0 Å². The monoisotopic (exact) mass is 371 g/mol. The van der Waals surface area contributed by atoms with E-state index < -0.39 is 0 Å². The van der Waals surface area contributed by atoms with Crippen molar-refractivity contribution in [3.8, 4) is 0 Å². The van der Waals surface area contributed by atoms with E-state index in [2.05, 4.69) is 20.7 Å². The lowest BCUT2D eigenvalue weighted by Crippen LogP contribution is -2.36. The van der Waals surface area contributed by atoms with Crippen molar-refractivity contribution in [2.45, 2.75) is 18.9 Å². The summed E-state index contributed by atoms with van der Waals surface area (Å²) in [7, 11) is 1.89. The van der Waals surface area contributed by atoms with Crippen molar-refractivity contribution in [2.24, 2.45) is 13.0 Å². The van der Waals surface area contributed by atoms with Crippen LogP contribution in [-0.4, -0.2) is 33.8 Å². The lowest BCUT2D eigenvalue weighted by atomic mass is 9.90. The quantitative estimate of drug-likeness (QED) is 0.859. The molecular formula is C16H23Cl2N5O. The van der Waals surface area contributed by atoms with Crippen LogP contribution in [0.25, 0.3) is 0 Å². The molecule has 2 aromatic rings. The molecule has 8 heteroatoms. The van der Waals surface area contributed by atoms with Gasteiger partial charge in [0.2, 0.25) is 5.91 Å². The number of nitrogens with one attached hydrogen (secondary N) is 2. The molecule has 0 radical (unpaired) electrons. The van der Waals surface area contributed by atoms with Crippen molar-refractivity contribution in [1.82, 2.24) is 25.4 Å². The maximum absolute atomic E-state index is 12.6. The number of halogens is 2. The van der Waals surface area contributed by atoms with E-state index in [9.17, 15) is 4.79 Å². The third-order valence-electron chi connectivity index (χ3n) is 4.25. The smallest absolute Gasteiger partial charge is 0.225 e. The highest BCUT2D eigenvalue weighted by Gasteiger charge is 2.35. The van der Waals surface area contributed by atoms with Crippen molar-refractivity contribution in [1.29, 1.82) is 0 Å². The molecule has 0 aliphatic carbocycles. The number of nitrogens with zero attached hydrogens (tertiary/aromatic N) is 3. The molecule has 3 rings (SSSR count). The van der Waals surface area contributed by atoms with E-state index in [1.54, 1.807) is 17.1 Å². The number of aromatic nitrogens is 3. The minimum Gasteiger partial charge on any atom is -0.349 e. The Kier molecular flexibility index (Phi) is 7.66. The van der Waals surface area contributed by atoms with E-state index in [4.69, 9.17) is 0 Å². The predicted molar refractivity (Wildman–Crippen MR) is 97.6 cm³/mol. The van der Waals surface area contributed by atoms with Gasteiger partial charge in [-0.3, -0.25) is 14.5 Å². The SMILES string of the molecule is C[C@H](NC(=O)[C@H]1CNC[C@@H]1c1cnn(C)c1)c1cccnc1.Cl.Cl. The van der Waals surface area contributed by atoms with Gasteiger partial charge in [0.25, 0.3) is 0 Å². The molecule has 0 aromatic carbocycles. The van der Waals surface area contributed by atoms with E-state index in [-0.39, 0.29) is 48.6 Å². The van der Waals surface area contributed by atoms with Gasteiger partial charge in [0.05, 0.1) is 18.2 Å². The van der Waals surface area contributed by atoms with Crippen molar-refractivity contribution >= 4 is 30.7 Å². The van der Waals surface area contributed by atoms with E-state index in [1.807, 2.05) is 38.5 Å². The average Bonchev–Trinajstić information content (AvgIpc) is 3.16. The first-order chi connectivity index (χ1) is 10.6. The standard InChI is InChI=1S/C16H21N5O.2ClH/c1-11(12-4-3-5-17-6-12)20-16(22)15-9-18-8-14(15)13-7-19-21(2)10-13;;/h3-7,10-11,14-15,18H,8-9H2,1-2H3,(H,20,22);2*1H/t11-,14+,15-;;/m0../s1. The van der Waals surface area contributed by atoms with Gasteiger partial charge in [-0.25, -0.2) is 0 Å². The van der Waals surface area contributed by atoms with E-state index in [0.29, 0.717) is 6.54 Å². The molecule has 6 nitrogen and oxygen atoms in total. The van der Waals surface area contributed by atoms with Crippen LogP contribution in [0.15, 0.2) is 36.9 Å². The summed E-state index contributed by atoms with van der Waals surface area (Å²) < 4.78 is 1.78. The van der Waals surface area contributed by atoms with Gasteiger partial charge in [-0.15, -0.1) is 24.8 Å². The minimum absolute atomic E-state index is 0. The number of hydrogen-bond acceptors (Lipinski definition) is 4. The number of amides is 1. The number of carbonyl (C=O) groups is 1. The Morgan fingerprint density at radius 3 is 2.79 bits per heavy atom. The van der Waals surface area contributed by atoms with Crippen LogP contribution in [-0.2, 0) is 11.8 Å². The van der Waals surface area contributed by atoms with Crippen LogP contribution >= 0.6 is 24.8 Å². The van der Waals surface area contributed by atoms with Crippen LogP contribution in [0, 0.1) is 5.92 Å². The first-order valence-electron chi connectivity index (χ1n) is 7.54. The van der Waals surface area contributed by atoms with Gasteiger partial charge in [-0.05, 0) is 24.1 Å². The second kappa shape index (κ2) is 9.01. The maximum atomic E-state index is 12.6. The highest BCUT2D eigenvalue weighted by atomic mass is 35.5. The highest BCUT2D eigenvalue weighted by molar-refractivity contribution is 5.85. The Morgan fingerprint density at radius 1 is 1.38 bits per heavy atom. The van der Waals surface area contributed by atoms with Crippen molar-refractivity contribution in [3.05, 3.63) is 48.0 Å². The molecular weight excluding hydrogens is 349 g/mol. The summed E-state index contributed by atoms with van der Waals surface area (Å²) in [6, 6.07) is 3.81. The Labute approximate surface area is 154 Å². The molecule has 0 unspecified atom stereocenters. The summed E-state index contributed by atoms with van der Waals surface area (Å²) in [6.07, 6.45) is 7.36. The molecule has 1 aliphatic rings. The topological polar surface area (TPSA) is 71.8 Å². The molecule has 1 saturated heterocycles. The Hall–Kier alpha value is -1.63. The third-order valence-corrected chi connectivity index (χ3v) is 4.25. The Balaban J connectivity index is 0.00000144. The fraction of sp³-hybridized carbons (Fsp3) is 0.438. The van der Waals surface area contributed by atoms with Gasteiger partial charge >= 0.3 is 0 Å². The zero-order valence-electron chi connectivity index (χ0n) is 13.7. The van der Waals surface area contributed by atoms with Crippen LogP contribution < -0.4 is 10.6 Å². The minimum atomic E-state index is -0.0664. The highest BCUT2D eigenvalue weighted by Crippen LogP contribution is 2.28. The molecule has 1 fully saturated rings. The van der Waals surface area contributed by atoms with Gasteiger partial charge in [0.15, 0.2) is 0 Å². The molecule has 132 valence electrons. The summed E-state index contributed by atoms with van der Waals surface area (Å²) in [6.45, 7) is 3.49. The van der Waals surface area contributed by atoms with Gasteiger partial charge in [-0.2, -0.15) is 5.10 Å². The first kappa shape index (κ1) is 20.4. The van der Waals surface area contributed by atoms with Crippen LogP contribution in [0.5, 0.6) is 0 Å². The molecule has 0 spiro atoms. The molecule has 0 saturated carbocycles. The zero-order chi connectivity index (χ0) is 15.5. The van der Waals surface area contributed by atoms with Gasteiger partial charge in [0, 0.05) is 44.6 Å². The maximum Gasteiger partial charge on any atom is 0.225 e. The Bertz CT molecular complexity index is 649. The average molecular weight is 372 g/mol. The molecule has 0 bridgehead atoms. The molecule has 3 heterocycles. The van der Waals surface area contributed by atoms with E-state index >= 15 is 0 Å². The summed E-state index contributed by atoms with van der Waals surface area (Å²) in [5.74, 6) is 0.188. The summed E-state index contributed by atoms with van der Waals surface area (Å²) in [5.41, 5.74) is 2.13. The first-order valence-corrected chi connectivity index (χ1v) is 7.54. The molecule has 2 N–H and O–H groups in total. The summed E-state index contributed by atoms with van der Waals surface area (Å²) in [5, 5.41) is 10.6. The predicted octanol–water partition coefficient (Wildman–Crippen LogP) is 1.84. The fourth-order valence-corrected chi connectivity index (χ4v) is 2.97. The number of aryl methyl sites for hydroxylation is 1. The number of rotatable bonds is 4. The lowest BCUT2D eigenvalue weighted by Gasteiger charge is -2.20. The number of hydrogen-bond donors (Lipinski definition) is 2. The second-order valence-electron chi connectivity index (χ2n) is 5.84. The van der Waals surface area contributed by atoms with Crippen LogP contribution in [0.1, 0.15) is 30.0 Å².